The van der Waals surface area contributed by atoms with Gasteiger partial charge in [-0.2, -0.15) is 5.10 Å². The van der Waals surface area contributed by atoms with Gasteiger partial charge in [0.25, 0.3) is 5.91 Å². The van der Waals surface area contributed by atoms with Crippen LogP contribution in [0.1, 0.15) is 33.1 Å². The van der Waals surface area contributed by atoms with Crippen molar-refractivity contribution in [2.24, 2.45) is 0 Å². The van der Waals surface area contributed by atoms with E-state index in [0.717, 1.165) is 33.6 Å². The van der Waals surface area contributed by atoms with Crippen LogP contribution in [0, 0.1) is 20.8 Å². The Labute approximate surface area is 167 Å². The Hall–Kier alpha value is -3.05. The molecule has 0 aliphatic heterocycles. The Balaban J connectivity index is 1.59. The maximum atomic E-state index is 12.7. The Morgan fingerprint density at radius 3 is 2.57 bits per heavy atom. The number of rotatable bonds is 4. The third-order valence-corrected chi connectivity index (χ3v) is 5.29. The lowest BCUT2D eigenvalue weighted by atomic mass is 10.1. The summed E-state index contributed by atoms with van der Waals surface area (Å²) in [6.45, 7) is 6.18. The van der Waals surface area contributed by atoms with E-state index in [1.54, 1.807) is 6.07 Å². The maximum Gasteiger partial charge on any atom is 0.287 e. The van der Waals surface area contributed by atoms with E-state index < -0.39 is 0 Å². The number of hydrogen-bond donors (Lipinski definition) is 1. The summed E-state index contributed by atoms with van der Waals surface area (Å²) < 4.78 is 7.64. The second-order valence-corrected chi connectivity index (χ2v) is 7.16. The highest BCUT2D eigenvalue weighted by Gasteiger charge is 2.20. The molecule has 4 aromatic rings. The summed E-state index contributed by atoms with van der Waals surface area (Å²) >= 11 is 6.19. The fourth-order valence-corrected chi connectivity index (χ4v) is 3.64. The predicted molar refractivity (Wildman–Crippen MR) is 110 cm³/mol. The van der Waals surface area contributed by atoms with Gasteiger partial charge in [-0.1, -0.05) is 41.9 Å². The largest absolute Gasteiger partial charge is 0.449 e. The molecule has 0 aliphatic rings. The molecule has 0 radical (unpaired) electrons. The number of nitrogens with zero attached hydrogens (tertiary/aromatic N) is 2. The van der Waals surface area contributed by atoms with Gasteiger partial charge in [-0.3, -0.25) is 4.79 Å². The fourth-order valence-electron chi connectivity index (χ4n) is 3.43. The zero-order chi connectivity index (χ0) is 19.8. The number of amides is 1. The third kappa shape index (κ3) is 3.08. The fraction of sp³-hybridized carbons (Fsp3) is 0.182. The van der Waals surface area contributed by atoms with Crippen molar-refractivity contribution in [1.82, 2.24) is 15.1 Å². The second kappa shape index (κ2) is 7.17. The highest BCUT2D eigenvalue weighted by Crippen LogP contribution is 2.30. The lowest BCUT2D eigenvalue weighted by Gasteiger charge is -2.06. The molecule has 1 amide bonds. The topological polar surface area (TPSA) is 60.1 Å². The number of furan rings is 1. The molecule has 0 spiro atoms. The Morgan fingerprint density at radius 2 is 1.86 bits per heavy atom. The van der Waals surface area contributed by atoms with Crippen LogP contribution in [0.5, 0.6) is 0 Å². The molecule has 4 rings (SSSR count). The minimum absolute atomic E-state index is 0.268. The molecule has 6 heteroatoms. The van der Waals surface area contributed by atoms with E-state index in [0.29, 0.717) is 17.2 Å². The number of aromatic nitrogens is 2. The summed E-state index contributed by atoms with van der Waals surface area (Å²) in [5.74, 6) is 0.0184. The highest BCUT2D eigenvalue weighted by atomic mass is 35.5. The van der Waals surface area contributed by atoms with Gasteiger partial charge in [0.1, 0.15) is 0 Å². The molecule has 0 fully saturated rings. The molecule has 0 atom stereocenters. The first kappa shape index (κ1) is 18.3. The molecule has 0 saturated heterocycles. The number of aryl methyl sites for hydroxylation is 2. The second-order valence-electron chi connectivity index (χ2n) is 6.75. The Kier molecular flexibility index (Phi) is 4.69. The lowest BCUT2D eigenvalue weighted by Crippen LogP contribution is -2.23. The molecule has 0 unspecified atom stereocenters. The van der Waals surface area contributed by atoms with Gasteiger partial charge in [0.05, 0.1) is 16.4 Å². The molecule has 1 N–H and O–H groups in total. The number of benzene rings is 2. The summed E-state index contributed by atoms with van der Waals surface area (Å²) in [4.78, 5) is 12.7. The molecule has 0 aliphatic carbocycles. The molecule has 142 valence electrons. The van der Waals surface area contributed by atoms with Crippen LogP contribution >= 0.6 is 11.6 Å². The van der Waals surface area contributed by atoms with Crippen molar-refractivity contribution >= 4 is 28.5 Å². The van der Waals surface area contributed by atoms with E-state index in [4.69, 9.17) is 16.0 Å². The molecular formula is C22H20ClN3O2. The van der Waals surface area contributed by atoms with E-state index in [1.807, 2.05) is 67.9 Å². The molecule has 28 heavy (non-hydrogen) atoms. The van der Waals surface area contributed by atoms with Gasteiger partial charge in [-0.05, 0) is 39.0 Å². The first-order chi connectivity index (χ1) is 13.5. The van der Waals surface area contributed by atoms with E-state index >= 15 is 0 Å². The van der Waals surface area contributed by atoms with Crippen LogP contribution < -0.4 is 5.32 Å². The highest BCUT2D eigenvalue weighted by molar-refractivity contribution is 6.35. The quantitative estimate of drug-likeness (QED) is 0.523. The zero-order valence-corrected chi connectivity index (χ0v) is 16.7. The average molecular weight is 394 g/mol. The number of nitrogens with one attached hydrogen (secondary N) is 1. The van der Waals surface area contributed by atoms with Crippen molar-refractivity contribution in [2.45, 2.75) is 27.3 Å². The third-order valence-electron chi connectivity index (χ3n) is 4.99. The van der Waals surface area contributed by atoms with Gasteiger partial charge in [-0.15, -0.1) is 0 Å². The van der Waals surface area contributed by atoms with Crippen LogP contribution in [-0.4, -0.2) is 15.7 Å². The van der Waals surface area contributed by atoms with Gasteiger partial charge in [-0.25, -0.2) is 4.68 Å². The van der Waals surface area contributed by atoms with Gasteiger partial charge >= 0.3 is 0 Å². The van der Waals surface area contributed by atoms with Gasteiger partial charge < -0.3 is 9.73 Å². The lowest BCUT2D eigenvalue weighted by molar-refractivity contribution is 0.0924. The van der Waals surface area contributed by atoms with E-state index in [-0.39, 0.29) is 11.7 Å². The van der Waals surface area contributed by atoms with Gasteiger partial charge in [0.2, 0.25) is 0 Å². The first-order valence-corrected chi connectivity index (χ1v) is 9.41. The van der Waals surface area contributed by atoms with Crippen LogP contribution in [0.15, 0.2) is 52.9 Å². The van der Waals surface area contributed by atoms with Crippen molar-refractivity contribution in [3.8, 4) is 5.69 Å². The maximum absolute atomic E-state index is 12.7. The summed E-state index contributed by atoms with van der Waals surface area (Å²) in [7, 11) is 0. The summed E-state index contributed by atoms with van der Waals surface area (Å²) in [5.41, 5.74) is 5.17. The van der Waals surface area contributed by atoms with Crippen molar-refractivity contribution in [1.29, 1.82) is 0 Å². The van der Waals surface area contributed by atoms with Crippen LogP contribution in [0.3, 0.4) is 0 Å². The van der Waals surface area contributed by atoms with Gasteiger partial charge in [0, 0.05) is 28.8 Å². The van der Waals surface area contributed by atoms with Crippen LogP contribution in [0.2, 0.25) is 5.02 Å². The minimum atomic E-state index is -0.268. The molecule has 2 heterocycles. The van der Waals surface area contributed by atoms with Crippen LogP contribution in [-0.2, 0) is 6.54 Å². The number of fused-ring (bicyclic) bond motifs is 1. The number of halogens is 1. The molecule has 2 aromatic heterocycles. The van der Waals surface area contributed by atoms with Crippen LogP contribution in [0.25, 0.3) is 16.7 Å². The minimum Gasteiger partial charge on any atom is -0.449 e. The Bertz CT molecular complexity index is 1180. The van der Waals surface area contributed by atoms with Crippen LogP contribution in [0.4, 0.5) is 0 Å². The SMILES string of the molecule is Cc1nn(-c2ccccc2)c(C)c1CNC(=O)c1oc2c(Cl)cccc2c1C. The number of hydrogen-bond acceptors (Lipinski definition) is 3. The Morgan fingerprint density at radius 1 is 1.11 bits per heavy atom. The van der Waals surface area contributed by atoms with E-state index in [1.165, 1.54) is 0 Å². The molecule has 0 bridgehead atoms. The molecule has 2 aromatic carbocycles. The number of carbonyl (C=O) groups excluding carboxylic acids is 1. The van der Waals surface area contributed by atoms with Crippen molar-refractivity contribution in [3.05, 3.63) is 81.8 Å². The normalized spacial score (nSPS) is 11.1. The molecule has 0 saturated carbocycles. The monoisotopic (exact) mass is 393 g/mol. The van der Waals surface area contributed by atoms with Crippen molar-refractivity contribution in [2.75, 3.05) is 0 Å². The van der Waals surface area contributed by atoms with Crippen molar-refractivity contribution < 1.29 is 9.21 Å². The number of para-hydroxylation sites is 2. The standard InChI is InChI=1S/C22H20ClN3O2/c1-13-17-10-7-11-19(23)21(17)28-20(13)22(27)24-12-18-14(2)25-26(15(18)3)16-8-5-4-6-9-16/h4-11H,12H2,1-3H3,(H,24,27). The van der Waals surface area contributed by atoms with E-state index in [2.05, 4.69) is 10.4 Å². The van der Waals surface area contributed by atoms with Gasteiger partial charge in [0.15, 0.2) is 11.3 Å². The zero-order valence-electron chi connectivity index (χ0n) is 15.9. The van der Waals surface area contributed by atoms with Crippen molar-refractivity contribution in [3.63, 3.8) is 0 Å². The summed E-state index contributed by atoms with van der Waals surface area (Å²) in [5, 5.41) is 8.92. The smallest absolute Gasteiger partial charge is 0.287 e. The first-order valence-electron chi connectivity index (χ1n) is 9.03. The average Bonchev–Trinajstić information content (AvgIpc) is 3.18. The summed E-state index contributed by atoms with van der Waals surface area (Å²) in [6.07, 6.45) is 0. The molecule has 5 nitrogen and oxygen atoms in total. The summed E-state index contributed by atoms with van der Waals surface area (Å²) in [6, 6.07) is 15.4. The molecular weight excluding hydrogens is 374 g/mol. The number of carbonyl (C=O) groups is 1. The van der Waals surface area contributed by atoms with E-state index in [9.17, 15) is 4.79 Å². The predicted octanol–water partition coefficient (Wildman–Crippen LogP) is 5.13.